The summed E-state index contributed by atoms with van der Waals surface area (Å²) in [4.78, 5) is 19.1. The van der Waals surface area contributed by atoms with Gasteiger partial charge in [0.1, 0.15) is 0 Å². The summed E-state index contributed by atoms with van der Waals surface area (Å²) in [6.07, 6.45) is 1.54. The molecule has 1 aliphatic heterocycles. The van der Waals surface area contributed by atoms with E-state index >= 15 is 0 Å². The van der Waals surface area contributed by atoms with Gasteiger partial charge in [0.25, 0.3) is 0 Å². The van der Waals surface area contributed by atoms with E-state index in [2.05, 4.69) is 15.6 Å². The molecule has 0 radical (unpaired) electrons. The fourth-order valence-corrected chi connectivity index (χ4v) is 3.48. The molecule has 0 saturated carbocycles. The normalized spacial score (nSPS) is 17.2. The first-order chi connectivity index (χ1) is 11.6. The van der Waals surface area contributed by atoms with Gasteiger partial charge in [-0.2, -0.15) is 0 Å². The van der Waals surface area contributed by atoms with Crippen molar-refractivity contribution in [1.29, 1.82) is 0 Å². The van der Waals surface area contributed by atoms with E-state index in [9.17, 15) is 4.79 Å². The summed E-state index contributed by atoms with van der Waals surface area (Å²) in [6.45, 7) is 4.31. The van der Waals surface area contributed by atoms with Crippen LogP contribution in [-0.4, -0.2) is 55.2 Å². The number of guanidine groups is 1. The number of likely N-dealkylation sites (tertiary alicyclic amines) is 1. The summed E-state index contributed by atoms with van der Waals surface area (Å²) in [6, 6.07) is 8.13. The predicted octanol–water partition coefficient (Wildman–Crippen LogP) is 3.23. The van der Waals surface area contributed by atoms with E-state index in [1.54, 1.807) is 18.8 Å². The van der Waals surface area contributed by atoms with Gasteiger partial charge in [0, 0.05) is 54.8 Å². The first-order valence-electron chi connectivity index (χ1n) is 8.25. The summed E-state index contributed by atoms with van der Waals surface area (Å²) in [7, 11) is 1.77. The molecular formula is C17H26ClIN4OS. The summed E-state index contributed by atoms with van der Waals surface area (Å²) in [5.41, 5.74) is 0. The molecule has 1 aromatic carbocycles. The summed E-state index contributed by atoms with van der Waals surface area (Å²) >= 11 is 7.66. The second-order valence-corrected chi connectivity index (χ2v) is 7.23. The predicted molar refractivity (Wildman–Crippen MR) is 117 cm³/mol. The molecular weight excluding hydrogens is 471 g/mol. The van der Waals surface area contributed by atoms with Crippen LogP contribution in [0.5, 0.6) is 0 Å². The van der Waals surface area contributed by atoms with Crippen LogP contribution in [0.1, 0.15) is 19.8 Å². The van der Waals surface area contributed by atoms with E-state index in [1.807, 2.05) is 36.1 Å². The van der Waals surface area contributed by atoms with Crippen LogP contribution in [-0.2, 0) is 4.79 Å². The lowest BCUT2D eigenvalue weighted by Gasteiger charge is -2.18. The van der Waals surface area contributed by atoms with Gasteiger partial charge in [0.2, 0.25) is 5.91 Å². The second-order valence-electron chi connectivity index (χ2n) is 5.62. The van der Waals surface area contributed by atoms with Crippen molar-refractivity contribution < 1.29 is 4.79 Å². The Balaban J connectivity index is 0.00000312. The Morgan fingerprint density at radius 2 is 2.12 bits per heavy atom. The maximum absolute atomic E-state index is 11.7. The number of hydrogen-bond acceptors (Lipinski definition) is 3. The molecule has 0 spiro atoms. The van der Waals surface area contributed by atoms with Gasteiger partial charge in [-0.25, -0.2) is 0 Å². The molecule has 2 rings (SSSR count). The van der Waals surface area contributed by atoms with Crippen LogP contribution in [0.15, 0.2) is 34.2 Å². The van der Waals surface area contributed by atoms with Gasteiger partial charge in [0.15, 0.2) is 5.96 Å². The molecule has 1 aliphatic rings. The third-order valence-electron chi connectivity index (χ3n) is 3.88. The number of benzene rings is 1. The van der Waals surface area contributed by atoms with Gasteiger partial charge in [0.05, 0.1) is 0 Å². The molecule has 8 heteroatoms. The van der Waals surface area contributed by atoms with Crippen LogP contribution in [0.2, 0.25) is 5.02 Å². The molecule has 5 nitrogen and oxygen atoms in total. The number of halogens is 2. The monoisotopic (exact) mass is 496 g/mol. The van der Waals surface area contributed by atoms with E-state index < -0.39 is 0 Å². The van der Waals surface area contributed by atoms with E-state index in [-0.39, 0.29) is 35.9 Å². The molecule has 2 N–H and O–H groups in total. The first kappa shape index (κ1) is 22.4. The SMILES string of the molecule is CCC(=O)N1CCC(NC(=NC)NCCSc2ccc(Cl)cc2)C1.I. The highest BCUT2D eigenvalue weighted by Crippen LogP contribution is 2.19. The second kappa shape index (κ2) is 11.9. The van der Waals surface area contributed by atoms with Crippen molar-refractivity contribution >= 4 is 59.2 Å². The minimum atomic E-state index is 0. The third kappa shape index (κ3) is 7.62. The number of hydrogen-bond donors (Lipinski definition) is 2. The van der Waals surface area contributed by atoms with E-state index in [1.165, 1.54) is 4.90 Å². The molecule has 1 heterocycles. The maximum atomic E-state index is 11.7. The van der Waals surface area contributed by atoms with Crippen molar-refractivity contribution in [2.45, 2.75) is 30.7 Å². The zero-order valence-corrected chi connectivity index (χ0v) is 18.5. The van der Waals surface area contributed by atoms with E-state index in [0.717, 1.165) is 42.8 Å². The number of nitrogens with zero attached hydrogens (tertiary/aromatic N) is 2. The average molecular weight is 497 g/mol. The number of carbonyl (C=O) groups is 1. The number of amides is 1. The van der Waals surface area contributed by atoms with Crippen LogP contribution < -0.4 is 10.6 Å². The third-order valence-corrected chi connectivity index (χ3v) is 5.15. The largest absolute Gasteiger partial charge is 0.356 e. The Kier molecular flexibility index (Phi) is 10.6. The zero-order valence-electron chi connectivity index (χ0n) is 14.6. The minimum Gasteiger partial charge on any atom is -0.356 e. The standard InChI is InChI=1S/C17H25ClN4OS.HI/c1-3-16(23)22-10-8-14(12-22)21-17(19-2)20-9-11-24-15-6-4-13(18)5-7-15;/h4-7,14H,3,8-12H2,1-2H3,(H2,19,20,21);1H. The zero-order chi connectivity index (χ0) is 17.4. The smallest absolute Gasteiger partial charge is 0.222 e. The van der Waals surface area contributed by atoms with Crippen molar-refractivity contribution in [3.05, 3.63) is 29.3 Å². The summed E-state index contributed by atoms with van der Waals surface area (Å²) in [5.74, 6) is 1.96. The lowest BCUT2D eigenvalue weighted by atomic mass is 10.3. The molecule has 25 heavy (non-hydrogen) atoms. The molecule has 0 aromatic heterocycles. The summed E-state index contributed by atoms with van der Waals surface area (Å²) in [5, 5.41) is 7.48. The van der Waals surface area contributed by atoms with Gasteiger partial charge < -0.3 is 15.5 Å². The van der Waals surface area contributed by atoms with Gasteiger partial charge in [-0.1, -0.05) is 18.5 Å². The Hall–Kier alpha value is -0.670. The molecule has 1 amide bonds. The van der Waals surface area contributed by atoms with Crippen LogP contribution in [0.3, 0.4) is 0 Å². The fraction of sp³-hybridized carbons (Fsp3) is 0.529. The number of rotatable bonds is 6. The van der Waals surface area contributed by atoms with Crippen molar-refractivity contribution in [2.75, 3.05) is 32.4 Å². The van der Waals surface area contributed by atoms with Gasteiger partial charge in [-0.05, 0) is 30.7 Å². The van der Waals surface area contributed by atoms with Crippen LogP contribution in [0.4, 0.5) is 0 Å². The topological polar surface area (TPSA) is 56.7 Å². The molecule has 1 aromatic rings. The molecule has 1 saturated heterocycles. The number of thioether (sulfide) groups is 1. The van der Waals surface area contributed by atoms with Gasteiger partial charge >= 0.3 is 0 Å². The van der Waals surface area contributed by atoms with Crippen molar-refractivity contribution in [1.82, 2.24) is 15.5 Å². The molecule has 0 aliphatic carbocycles. The van der Waals surface area contributed by atoms with E-state index in [4.69, 9.17) is 11.6 Å². The Labute approximate surface area is 176 Å². The Morgan fingerprint density at radius 1 is 1.40 bits per heavy atom. The average Bonchev–Trinajstić information content (AvgIpc) is 3.07. The van der Waals surface area contributed by atoms with Crippen LogP contribution in [0.25, 0.3) is 0 Å². The first-order valence-corrected chi connectivity index (χ1v) is 9.62. The summed E-state index contributed by atoms with van der Waals surface area (Å²) < 4.78 is 0. The van der Waals surface area contributed by atoms with E-state index in [0.29, 0.717) is 6.42 Å². The Bertz CT molecular complexity index is 570. The fourth-order valence-electron chi connectivity index (χ4n) is 2.59. The molecule has 1 atom stereocenters. The van der Waals surface area contributed by atoms with Gasteiger partial charge in [-0.15, -0.1) is 35.7 Å². The van der Waals surface area contributed by atoms with Crippen LogP contribution in [0, 0.1) is 0 Å². The maximum Gasteiger partial charge on any atom is 0.222 e. The molecule has 1 fully saturated rings. The lowest BCUT2D eigenvalue weighted by Crippen LogP contribution is -2.45. The highest BCUT2D eigenvalue weighted by atomic mass is 127. The lowest BCUT2D eigenvalue weighted by molar-refractivity contribution is -0.129. The van der Waals surface area contributed by atoms with Crippen LogP contribution >= 0.6 is 47.3 Å². The molecule has 1 unspecified atom stereocenters. The number of nitrogens with one attached hydrogen (secondary N) is 2. The highest BCUT2D eigenvalue weighted by molar-refractivity contribution is 14.0. The van der Waals surface area contributed by atoms with Crippen molar-refractivity contribution in [3.8, 4) is 0 Å². The highest BCUT2D eigenvalue weighted by Gasteiger charge is 2.25. The molecule has 0 bridgehead atoms. The quantitative estimate of drug-likeness (QED) is 0.209. The Morgan fingerprint density at radius 3 is 2.76 bits per heavy atom. The minimum absolute atomic E-state index is 0. The van der Waals surface area contributed by atoms with Gasteiger partial charge in [-0.3, -0.25) is 9.79 Å². The van der Waals surface area contributed by atoms with Crippen molar-refractivity contribution in [2.24, 2.45) is 4.99 Å². The number of aliphatic imine (C=N–C) groups is 1. The number of carbonyl (C=O) groups excluding carboxylic acids is 1. The van der Waals surface area contributed by atoms with Crippen molar-refractivity contribution in [3.63, 3.8) is 0 Å². The molecule has 140 valence electrons.